The summed E-state index contributed by atoms with van der Waals surface area (Å²) >= 11 is 0. The first-order chi connectivity index (χ1) is 9.90. The van der Waals surface area contributed by atoms with Crippen LogP contribution in [0.5, 0.6) is 0 Å². The van der Waals surface area contributed by atoms with Crippen LogP contribution < -0.4 is 15.5 Å². The van der Waals surface area contributed by atoms with E-state index in [2.05, 4.69) is 41.4 Å². The Morgan fingerprint density at radius 1 is 1.38 bits per heavy atom. The summed E-state index contributed by atoms with van der Waals surface area (Å²) in [5.41, 5.74) is 2.17. The highest BCUT2D eigenvalue weighted by Gasteiger charge is 2.20. The van der Waals surface area contributed by atoms with Crippen LogP contribution in [-0.2, 0) is 18.4 Å². The maximum Gasteiger partial charge on any atom is 0.239 e. The zero-order valence-corrected chi connectivity index (χ0v) is 14.2. The highest BCUT2D eigenvalue weighted by atomic mass is 16.2. The summed E-state index contributed by atoms with van der Waals surface area (Å²) in [4.78, 5) is 14.0. The van der Waals surface area contributed by atoms with Crippen molar-refractivity contribution in [1.29, 1.82) is 0 Å². The summed E-state index contributed by atoms with van der Waals surface area (Å²) in [5.74, 6) is 1.07. The third-order valence-corrected chi connectivity index (χ3v) is 3.39. The van der Waals surface area contributed by atoms with Crippen LogP contribution in [0.4, 0.5) is 5.82 Å². The summed E-state index contributed by atoms with van der Waals surface area (Å²) in [7, 11) is 1.93. The van der Waals surface area contributed by atoms with Gasteiger partial charge >= 0.3 is 0 Å². The summed E-state index contributed by atoms with van der Waals surface area (Å²) in [6, 6.07) is 0.413. The lowest BCUT2D eigenvalue weighted by Crippen LogP contribution is -2.38. The number of nitrogens with zero attached hydrogens (tertiary/aromatic N) is 3. The highest BCUT2D eigenvalue weighted by molar-refractivity contribution is 5.81. The van der Waals surface area contributed by atoms with Crippen molar-refractivity contribution in [1.82, 2.24) is 20.4 Å². The number of anilines is 1. The third kappa shape index (κ3) is 4.74. The van der Waals surface area contributed by atoms with Crippen molar-refractivity contribution < 1.29 is 4.79 Å². The molecule has 2 N–H and O–H groups in total. The summed E-state index contributed by atoms with van der Waals surface area (Å²) < 4.78 is 1.87. The number of carbonyl (C=O) groups is 1. The standard InChI is InChI=1S/C15H29N5O/c1-7-16-14(21)10-20(8-2)15-13(9-17-11(3)4)12(5)18-19(15)6/h11,17H,7-10H2,1-6H3,(H,16,21). The Kier molecular flexibility index (Phi) is 6.68. The van der Waals surface area contributed by atoms with Gasteiger partial charge in [-0.1, -0.05) is 13.8 Å². The molecule has 0 aromatic carbocycles. The van der Waals surface area contributed by atoms with Crippen molar-refractivity contribution in [2.75, 3.05) is 24.5 Å². The van der Waals surface area contributed by atoms with E-state index in [0.717, 1.165) is 30.2 Å². The van der Waals surface area contributed by atoms with Gasteiger partial charge in [0.25, 0.3) is 0 Å². The fourth-order valence-corrected chi connectivity index (χ4v) is 2.36. The predicted octanol–water partition coefficient (Wildman–Crippen LogP) is 1.19. The molecule has 0 saturated heterocycles. The van der Waals surface area contributed by atoms with Crippen molar-refractivity contribution in [3.05, 3.63) is 11.3 Å². The van der Waals surface area contributed by atoms with E-state index in [0.29, 0.717) is 19.1 Å². The molecule has 1 rings (SSSR count). The average molecular weight is 295 g/mol. The maximum atomic E-state index is 11.9. The Morgan fingerprint density at radius 2 is 2.05 bits per heavy atom. The minimum absolute atomic E-state index is 0.0426. The van der Waals surface area contributed by atoms with Gasteiger partial charge in [-0.3, -0.25) is 9.48 Å². The molecule has 0 aliphatic carbocycles. The van der Waals surface area contributed by atoms with Crippen molar-refractivity contribution >= 4 is 11.7 Å². The summed E-state index contributed by atoms with van der Waals surface area (Å²) in [5, 5.41) is 10.8. The van der Waals surface area contributed by atoms with Crippen LogP contribution >= 0.6 is 0 Å². The number of hydrogen-bond acceptors (Lipinski definition) is 4. The van der Waals surface area contributed by atoms with Crippen molar-refractivity contribution in [3.8, 4) is 0 Å². The molecule has 6 heteroatoms. The molecule has 0 unspecified atom stereocenters. The number of likely N-dealkylation sites (N-methyl/N-ethyl adjacent to an activating group) is 2. The first kappa shape index (κ1) is 17.5. The van der Waals surface area contributed by atoms with Crippen molar-refractivity contribution in [3.63, 3.8) is 0 Å². The summed E-state index contributed by atoms with van der Waals surface area (Å²) in [6.45, 7) is 12.8. The van der Waals surface area contributed by atoms with E-state index in [1.165, 1.54) is 0 Å². The molecule has 0 atom stereocenters. The Labute approximate surface area is 127 Å². The molecule has 21 heavy (non-hydrogen) atoms. The normalized spacial score (nSPS) is 11.0. The van der Waals surface area contributed by atoms with Crippen LogP contribution in [0.3, 0.4) is 0 Å². The largest absolute Gasteiger partial charge is 0.355 e. The van der Waals surface area contributed by atoms with Gasteiger partial charge in [0.15, 0.2) is 0 Å². The zero-order valence-electron chi connectivity index (χ0n) is 14.2. The number of nitrogens with one attached hydrogen (secondary N) is 2. The van der Waals surface area contributed by atoms with Crippen LogP contribution in [0.25, 0.3) is 0 Å². The molecule has 1 heterocycles. The molecule has 6 nitrogen and oxygen atoms in total. The highest BCUT2D eigenvalue weighted by Crippen LogP contribution is 2.23. The summed E-state index contributed by atoms with van der Waals surface area (Å²) in [6.07, 6.45) is 0. The zero-order chi connectivity index (χ0) is 16.0. The van der Waals surface area contributed by atoms with Crippen molar-refractivity contribution in [2.24, 2.45) is 7.05 Å². The molecule has 1 amide bonds. The minimum atomic E-state index is 0.0426. The van der Waals surface area contributed by atoms with E-state index >= 15 is 0 Å². The molecule has 0 radical (unpaired) electrons. The lowest BCUT2D eigenvalue weighted by Gasteiger charge is -2.24. The second-order valence-corrected chi connectivity index (χ2v) is 5.51. The second-order valence-electron chi connectivity index (χ2n) is 5.51. The number of carbonyl (C=O) groups excluding carboxylic acids is 1. The number of aryl methyl sites for hydroxylation is 2. The fraction of sp³-hybridized carbons (Fsp3) is 0.733. The topological polar surface area (TPSA) is 62.2 Å². The number of hydrogen-bond donors (Lipinski definition) is 2. The molecular formula is C15H29N5O. The Hall–Kier alpha value is -1.56. The van der Waals surface area contributed by atoms with E-state index in [1.54, 1.807) is 0 Å². The molecular weight excluding hydrogens is 266 g/mol. The first-order valence-corrected chi connectivity index (χ1v) is 7.68. The fourth-order valence-electron chi connectivity index (χ4n) is 2.36. The Bertz CT molecular complexity index is 467. The van der Waals surface area contributed by atoms with Crippen LogP contribution in [0, 0.1) is 6.92 Å². The number of rotatable bonds is 8. The molecule has 0 aliphatic rings. The Morgan fingerprint density at radius 3 is 2.57 bits per heavy atom. The van der Waals surface area contributed by atoms with Crippen LogP contribution in [0.15, 0.2) is 0 Å². The molecule has 1 aromatic heterocycles. The Balaban J connectivity index is 2.99. The van der Waals surface area contributed by atoms with Gasteiger partial charge in [-0.25, -0.2) is 0 Å². The van der Waals surface area contributed by atoms with Gasteiger partial charge in [0.1, 0.15) is 5.82 Å². The molecule has 0 spiro atoms. The predicted molar refractivity (Wildman–Crippen MR) is 86.5 cm³/mol. The molecule has 0 aliphatic heterocycles. The maximum absolute atomic E-state index is 11.9. The van der Waals surface area contributed by atoms with Gasteiger partial charge in [-0.15, -0.1) is 0 Å². The van der Waals surface area contributed by atoms with E-state index < -0.39 is 0 Å². The first-order valence-electron chi connectivity index (χ1n) is 7.68. The van der Waals surface area contributed by atoms with Gasteiger partial charge in [-0.05, 0) is 20.8 Å². The van der Waals surface area contributed by atoms with Crippen LogP contribution in [0.2, 0.25) is 0 Å². The van der Waals surface area contributed by atoms with Crippen LogP contribution in [-0.4, -0.2) is 41.4 Å². The SMILES string of the molecule is CCNC(=O)CN(CC)c1c(CNC(C)C)c(C)nn1C. The van der Waals surface area contributed by atoms with E-state index in [4.69, 9.17) is 0 Å². The quantitative estimate of drug-likeness (QED) is 0.756. The smallest absolute Gasteiger partial charge is 0.239 e. The minimum Gasteiger partial charge on any atom is -0.355 e. The lowest BCUT2D eigenvalue weighted by atomic mass is 10.2. The number of aromatic nitrogens is 2. The molecule has 1 aromatic rings. The van der Waals surface area contributed by atoms with Gasteiger partial charge in [0, 0.05) is 38.3 Å². The van der Waals surface area contributed by atoms with E-state index in [-0.39, 0.29) is 5.91 Å². The molecule has 0 fully saturated rings. The monoisotopic (exact) mass is 295 g/mol. The van der Waals surface area contributed by atoms with E-state index in [1.807, 2.05) is 25.6 Å². The molecule has 0 saturated carbocycles. The average Bonchev–Trinajstić information content (AvgIpc) is 2.68. The van der Waals surface area contributed by atoms with Gasteiger partial charge in [0.05, 0.1) is 12.2 Å². The van der Waals surface area contributed by atoms with Gasteiger partial charge in [-0.2, -0.15) is 5.10 Å². The van der Waals surface area contributed by atoms with Gasteiger partial charge < -0.3 is 15.5 Å². The van der Waals surface area contributed by atoms with Crippen molar-refractivity contribution in [2.45, 2.75) is 47.2 Å². The molecule has 0 bridgehead atoms. The third-order valence-electron chi connectivity index (χ3n) is 3.39. The van der Waals surface area contributed by atoms with Crippen LogP contribution in [0.1, 0.15) is 39.0 Å². The number of amides is 1. The van der Waals surface area contributed by atoms with E-state index in [9.17, 15) is 4.79 Å². The lowest BCUT2D eigenvalue weighted by molar-refractivity contribution is -0.119. The molecule has 120 valence electrons. The second kappa shape index (κ2) is 8.02. The van der Waals surface area contributed by atoms with Gasteiger partial charge in [0.2, 0.25) is 5.91 Å².